The molecule has 4 atom stereocenters. The van der Waals surface area contributed by atoms with Gasteiger partial charge >= 0.3 is 6.09 Å². The van der Waals surface area contributed by atoms with Gasteiger partial charge in [0.1, 0.15) is 11.4 Å². The normalized spacial score (nSPS) is 13.4. The maximum absolute atomic E-state index is 12.6. The summed E-state index contributed by atoms with van der Waals surface area (Å²) in [6.07, 6.45) is 9.91. The Morgan fingerprint density at radius 1 is 0.712 bits per heavy atom. The van der Waals surface area contributed by atoms with E-state index in [-0.39, 0.29) is 54.0 Å². The Labute approximate surface area is 317 Å². The van der Waals surface area contributed by atoms with Gasteiger partial charge in [-0.25, -0.2) is 4.79 Å². The van der Waals surface area contributed by atoms with Crippen molar-refractivity contribution in [2.75, 3.05) is 28.2 Å². The molecule has 0 aliphatic carbocycles. The third kappa shape index (κ3) is 21.8. The van der Waals surface area contributed by atoms with Crippen LogP contribution in [-0.2, 0) is 36.8 Å². The number of nitrogens with zero attached hydrogens (tertiary/aromatic N) is 2. The lowest BCUT2D eigenvalue weighted by molar-refractivity contribution is -0.124. The lowest BCUT2D eigenvalue weighted by Gasteiger charge is -2.22. The molecule has 2 rings (SSSR count). The van der Waals surface area contributed by atoms with Crippen LogP contribution < -0.4 is 11.1 Å². The van der Waals surface area contributed by atoms with E-state index in [1.54, 1.807) is 75.0 Å². The van der Waals surface area contributed by atoms with Crippen molar-refractivity contribution in [3.8, 4) is 0 Å². The van der Waals surface area contributed by atoms with Crippen molar-refractivity contribution in [1.82, 2.24) is 15.1 Å². The number of aryl methyl sites for hydroxylation is 2. The first-order valence-electron chi connectivity index (χ1n) is 17.5. The van der Waals surface area contributed by atoms with Crippen molar-refractivity contribution >= 4 is 41.9 Å². The Bertz CT molecular complexity index is 1440. The third-order valence-corrected chi connectivity index (χ3v) is 7.85. The van der Waals surface area contributed by atoms with E-state index in [1.807, 2.05) is 54.6 Å². The van der Waals surface area contributed by atoms with Gasteiger partial charge in [0.25, 0.3) is 0 Å². The van der Waals surface area contributed by atoms with Gasteiger partial charge in [-0.05, 0) is 95.4 Å². The molecule has 52 heavy (non-hydrogen) atoms. The number of ketones is 2. The Kier molecular flexibility index (Phi) is 22.8. The van der Waals surface area contributed by atoms with Crippen LogP contribution in [0.25, 0.3) is 0 Å². The number of ether oxygens (including phenoxy) is 1. The highest BCUT2D eigenvalue weighted by atomic mass is 35.5. The molecule has 0 aliphatic heterocycles. The number of halogens is 1. The zero-order valence-electron chi connectivity index (χ0n) is 32.5. The fourth-order valence-electron chi connectivity index (χ4n) is 4.71. The van der Waals surface area contributed by atoms with Crippen LogP contribution >= 0.6 is 12.4 Å². The lowest BCUT2D eigenvalue weighted by atomic mass is 9.92. The number of Topliss-reactive ketones (excluding diaryl/α,β-unsaturated/α-hetero) is 2. The molecule has 2 aromatic carbocycles. The maximum atomic E-state index is 12.6. The second-order valence-corrected chi connectivity index (χ2v) is 14.2. The van der Waals surface area contributed by atoms with Gasteiger partial charge in [-0.3, -0.25) is 19.2 Å². The van der Waals surface area contributed by atoms with Crippen LogP contribution in [0.5, 0.6) is 0 Å². The first kappa shape index (κ1) is 47.7. The summed E-state index contributed by atoms with van der Waals surface area (Å²) in [4.78, 5) is 63.0. The van der Waals surface area contributed by atoms with Crippen molar-refractivity contribution in [1.29, 1.82) is 0 Å². The Balaban J connectivity index is 0.00000102. The average Bonchev–Trinajstić information content (AvgIpc) is 3.06. The number of rotatable bonds is 17. The van der Waals surface area contributed by atoms with E-state index in [9.17, 15) is 24.0 Å². The maximum Gasteiger partial charge on any atom is 0.408 e. The summed E-state index contributed by atoms with van der Waals surface area (Å²) in [6, 6.07) is 19.0. The minimum atomic E-state index is -0.665. The van der Waals surface area contributed by atoms with Crippen molar-refractivity contribution in [3.05, 3.63) is 96.1 Å². The van der Waals surface area contributed by atoms with Crippen LogP contribution in [0, 0.1) is 11.8 Å². The SMILES string of the molecule is C[C@H](N)C(=O)C[C@H](/C=C/C(=O)N(C)C)CCc1ccccc1.C[C@H](NC(=O)OC(C)(C)C)C(=O)C[C@H](/C=C/C(=O)N(C)C)CCc1ccccc1.Cl. The Morgan fingerprint density at radius 3 is 1.44 bits per heavy atom. The van der Waals surface area contributed by atoms with Crippen molar-refractivity contribution in [2.24, 2.45) is 17.6 Å². The number of allylic oxidation sites excluding steroid dienone is 2. The van der Waals surface area contributed by atoms with E-state index < -0.39 is 23.8 Å². The molecule has 0 fully saturated rings. The smallest absolute Gasteiger partial charge is 0.408 e. The predicted octanol–water partition coefficient (Wildman–Crippen LogP) is 6.36. The van der Waals surface area contributed by atoms with E-state index in [0.29, 0.717) is 6.42 Å². The molecule has 3 amide bonds. The minimum absolute atomic E-state index is 0. The summed E-state index contributed by atoms with van der Waals surface area (Å²) in [5.41, 5.74) is 7.43. The van der Waals surface area contributed by atoms with Crippen LogP contribution in [0.15, 0.2) is 85.0 Å². The molecule has 10 nitrogen and oxygen atoms in total. The number of benzene rings is 2. The van der Waals surface area contributed by atoms with E-state index in [0.717, 1.165) is 25.7 Å². The second kappa shape index (κ2) is 24.8. The van der Waals surface area contributed by atoms with Gasteiger partial charge in [0.2, 0.25) is 11.8 Å². The number of nitrogens with two attached hydrogens (primary N) is 1. The van der Waals surface area contributed by atoms with Gasteiger partial charge in [0.15, 0.2) is 5.78 Å². The topological polar surface area (TPSA) is 139 Å². The largest absolute Gasteiger partial charge is 0.444 e. The molecule has 0 heterocycles. The Morgan fingerprint density at radius 2 is 1.10 bits per heavy atom. The molecule has 3 N–H and O–H groups in total. The highest BCUT2D eigenvalue weighted by Crippen LogP contribution is 2.18. The van der Waals surface area contributed by atoms with Gasteiger partial charge in [-0.2, -0.15) is 0 Å². The minimum Gasteiger partial charge on any atom is -0.444 e. The van der Waals surface area contributed by atoms with Crippen molar-refractivity contribution in [3.63, 3.8) is 0 Å². The first-order chi connectivity index (χ1) is 23.9. The Hall–Kier alpha value is -4.28. The van der Waals surface area contributed by atoms with E-state index in [4.69, 9.17) is 10.5 Å². The number of carbonyl (C=O) groups is 5. The summed E-state index contributed by atoms with van der Waals surface area (Å²) in [7, 11) is 6.78. The van der Waals surface area contributed by atoms with Gasteiger partial charge in [0.05, 0.1) is 12.1 Å². The van der Waals surface area contributed by atoms with Crippen molar-refractivity contribution < 1.29 is 28.7 Å². The van der Waals surface area contributed by atoms with E-state index in [1.165, 1.54) is 27.0 Å². The highest BCUT2D eigenvalue weighted by Gasteiger charge is 2.23. The number of nitrogens with one attached hydrogen (secondary N) is 1. The van der Waals surface area contributed by atoms with Crippen LogP contribution in [0.3, 0.4) is 0 Å². The molecule has 0 radical (unpaired) electrons. The molecule has 288 valence electrons. The number of likely N-dealkylation sites (N-methyl/N-ethyl adjacent to an activating group) is 2. The van der Waals surface area contributed by atoms with Gasteiger partial charge in [-0.15, -0.1) is 12.4 Å². The van der Waals surface area contributed by atoms with Crippen LogP contribution in [0.4, 0.5) is 4.79 Å². The number of hydrogen-bond acceptors (Lipinski definition) is 7. The van der Waals surface area contributed by atoms with E-state index in [2.05, 4.69) is 17.4 Å². The fraction of sp³-hybridized carbons (Fsp3) is 0.488. The summed E-state index contributed by atoms with van der Waals surface area (Å²) in [5, 5.41) is 2.59. The quantitative estimate of drug-likeness (QED) is 0.180. The molecule has 0 unspecified atom stereocenters. The lowest BCUT2D eigenvalue weighted by Crippen LogP contribution is -2.42. The second-order valence-electron chi connectivity index (χ2n) is 14.2. The molecule has 0 spiro atoms. The zero-order valence-corrected chi connectivity index (χ0v) is 33.3. The zero-order chi connectivity index (χ0) is 38.6. The molecular formula is C41H61ClN4O6. The molecule has 11 heteroatoms. The van der Waals surface area contributed by atoms with Gasteiger partial charge in [-0.1, -0.05) is 72.8 Å². The van der Waals surface area contributed by atoms with Gasteiger partial charge < -0.3 is 25.6 Å². The predicted molar refractivity (Wildman–Crippen MR) is 211 cm³/mol. The van der Waals surface area contributed by atoms with Gasteiger partial charge in [0, 0.05) is 41.0 Å². The summed E-state index contributed by atoms with van der Waals surface area (Å²) in [5.74, 6) is -0.340. The molecule has 0 saturated heterocycles. The molecular weight excluding hydrogens is 680 g/mol. The number of amides is 3. The molecule has 0 aromatic heterocycles. The summed E-state index contributed by atoms with van der Waals surface area (Å²) in [6.45, 7) is 8.65. The molecule has 2 aromatic rings. The summed E-state index contributed by atoms with van der Waals surface area (Å²) >= 11 is 0. The highest BCUT2D eigenvalue weighted by molar-refractivity contribution is 5.89. The van der Waals surface area contributed by atoms with Crippen LogP contribution in [0.2, 0.25) is 0 Å². The monoisotopic (exact) mass is 740 g/mol. The number of alkyl carbamates (subject to hydrolysis) is 1. The molecule has 0 saturated carbocycles. The molecule has 0 aliphatic rings. The van der Waals surface area contributed by atoms with Crippen molar-refractivity contribution in [2.45, 2.75) is 90.8 Å². The van der Waals surface area contributed by atoms with Crippen LogP contribution in [0.1, 0.15) is 71.4 Å². The summed E-state index contributed by atoms with van der Waals surface area (Å²) < 4.78 is 5.21. The third-order valence-electron chi connectivity index (χ3n) is 7.85. The molecule has 0 bridgehead atoms. The standard InChI is InChI=1S/C23H34N2O4.C18H26N2O2.ClH/c1-17(24-22(28)29-23(2,3)4)20(26)16-19(14-15-21(27)25(5)6)13-12-18-10-8-7-9-11-18;1-14(19)17(21)13-16(11-12-18(22)20(2)3)10-9-15-7-5-4-6-8-15;/h7-11,14-15,17,19H,12-13,16H2,1-6H3,(H,24,28);4-8,11-12,14,16H,9-10,13,19H2,1-3H3;1H/b15-14+;12-11+;/t17-,19-;14-,16-;/m00./s1. The first-order valence-corrected chi connectivity index (χ1v) is 17.5. The number of hydrogen-bond donors (Lipinski definition) is 2. The average molecular weight is 741 g/mol. The van der Waals surface area contributed by atoms with E-state index >= 15 is 0 Å². The fourth-order valence-corrected chi connectivity index (χ4v) is 4.71. The number of carbonyl (C=O) groups excluding carboxylic acids is 5. The van der Waals surface area contributed by atoms with Crippen LogP contribution in [-0.4, -0.2) is 85.1 Å².